The molecule has 4 amide bonds. The van der Waals surface area contributed by atoms with E-state index in [2.05, 4.69) is 9.47 Å². The molecule has 0 bridgehead atoms. The number of cyclic esters (lactones) is 4. The van der Waals surface area contributed by atoms with Crippen molar-refractivity contribution in [3.05, 3.63) is 190 Å². The van der Waals surface area contributed by atoms with Gasteiger partial charge in [-0.25, -0.2) is 24.1 Å². The van der Waals surface area contributed by atoms with Crippen molar-refractivity contribution in [1.29, 1.82) is 0 Å². The minimum absolute atomic E-state index is 0. The Bertz CT molecular complexity index is 3820. The maximum Gasteiger partial charge on any atom is 0.411 e. The Morgan fingerprint density at radius 3 is 0.897 bits per heavy atom. The quantitative estimate of drug-likeness (QED) is 0.0542. The van der Waals surface area contributed by atoms with Gasteiger partial charge in [-0.3, -0.25) is 24.1 Å². The summed E-state index contributed by atoms with van der Waals surface area (Å²) >= 11 is 0. The number of hydrogen-bond donors (Lipinski definition) is 2. The van der Waals surface area contributed by atoms with E-state index in [4.69, 9.17) is 11.5 Å². The van der Waals surface area contributed by atoms with Crippen LogP contribution in [0.15, 0.2) is 72.8 Å². The van der Waals surface area contributed by atoms with Crippen LogP contribution in [-0.4, -0.2) is 84.2 Å². The molecule has 0 saturated heterocycles. The highest BCUT2D eigenvalue weighted by molar-refractivity contribution is 6.35. The molecule has 14 nitrogen and oxygen atoms in total. The number of nitrogens with zero attached hydrogens (tertiary/aromatic N) is 2. The largest absolute Gasteiger partial charge is 0.411 e. The Kier molecular flexibility index (Phi) is 16.1. The van der Waals surface area contributed by atoms with Crippen LogP contribution in [0, 0.1) is 62.3 Å². The summed E-state index contributed by atoms with van der Waals surface area (Å²) in [6.45, 7) is 16.8. The van der Waals surface area contributed by atoms with Crippen LogP contribution in [0.25, 0.3) is 0 Å². The first-order valence-corrected chi connectivity index (χ1v) is 25.3. The fourth-order valence-corrected chi connectivity index (χ4v) is 11.1. The zero-order valence-corrected chi connectivity index (χ0v) is 46.6. The van der Waals surface area contributed by atoms with E-state index in [1.54, 1.807) is 27.7 Å². The molecule has 0 fully saturated rings. The van der Waals surface area contributed by atoms with Gasteiger partial charge in [0.15, 0.2) is 0 Å². The smallest absolute Gasteiger partial charge is 0.398 e. The SMILES string of the molecule is C.Cc1c(C)c(C)c(N2C(=O)c3ccc(C(c4ccc5c(c4)C(=O)N(C)C5=O)(C(F)(F)F)C(F)(F)F)cc3C2=O)c(C)c1C.Cc1c(C)c(N)c(C)c(C)c1N.O=C1OC(=O)c2cc(C(c3ccc4c(c3)C(=O)OC4=O)(C(F)(F)F)C(F)(F)F)ccc21. The predicted molar refractivity (Wildman–Crippen MR) is 290 cm³/mol. The minimum atomic E-state index is -6.03. The Morgan fingerprint density at radius 1 is 0.333 bits per heavy atom. The van der Waals surface area contributed by atoms with Crippen LogP contribution in [-0.2, 0) is 20.3 Å². The lowest BCUT2D eigenvalue weighted by Gasteiger charge is -2.38. The normalized spacial score (nSPS) is 14.9. The molecule has 4 heterocycles. The number of alkyl halides is 12. The van der Waals surface area contributed by atoms with E-state index in [0.29, 0.717) is 64.6 Å². The molecular weight excluding hydrogens is 1180 g/mol. The number of ether oxygens (including phenoxy) is 2. The summed E-state index contributed by atoms with van der Waals surface area (Å²) in [4.78, 5) is 99.8. The molecule has 0 aliphatic carbocycles. The molecule has 4 N–H and O–H groups in total. The molecule has 0 unspecified atom stereocenters. The molecule has 6 aromatic carbocycles. The van der Waals surface area contributed by atoms with Crippen molar-refractivity contribution in [1.82, 2.24) is 4.90 Å². The zero-order valence-electron chi connectivity index (χ0n) is 46.6. The number of esters is 4. The molecule has 0 spiro atoms. The van der Waals surface area contributed by atoms with Gasteiger partial charge in [0.2, 0.25) is 10.8 Å². The molecule has 0 saturated carbocycles. The van der Waals surface area contributed by atoms with Gasteiger partial charge >= 0.3 is 48.6 Å². The van der Waals surface area contributed by atoms with Crippen molar-refractivity contribution < 1.29 is 101 Å². The van der Waals surface area contributed by atoms with Crippen LogP contribution in [0.2, 0.25) is 0 Å². The van der Waals surface area contributed by atoms with Gasteiger partial charge in [0.25, 0.3) is 23.6 Å². The molecular formula is C61H50F12N4O10. The van der Waals surface area contributed by atoms with Crippen LogP contribution in [0.4, 0.5) is 69.7 Å². The van der Waals surface area contributed by atoms with Crippen LogP contribution < -0.4 is 16.4 Å². The van der Waals surface area contributed by atoms with Crippen molar-refractivity contribution in [3.63, 3.8) is 0 Å². The van der Waals surface area contributed by atoms with E-state index >= 15 is 0 Å². The second-order valence-electron chi connectivity index (χ2n) is 20.8. The second kappa shape index (κ2) is 21.6. The number of anilines is 3. The zero-order chi connectivity index (χ0) is 64.5. The van der Waals surface area contributed by atoms with Crippen molar-refractivity contribution in [3.8, 4) is 0 Å². The van der Waals surface area contributed by atoms with E-state index in [-0.39, 0.29) is 36.4 Å². The number of carbonyl (C=O) groups excluding carboxylic acids is 8. The Balaban J connectivity index is 0.000000213. The highest BCUT2D eigenvalue weighted by Crippen LogP contribution is 2.59. The third-order valence-electron chi connectivity index (χ3n) is 16.6. The average molecular weight is 1230 g/mol. The predicted octanol–water partition coefficient (Wildman–Crippen LogP) is 13.1. The van der Waals surface area contributed by atoms with Gasteiger partial charge in [-0.2, -0.15) is 52.7 Å². The molecule has 26 heteroatoms. The second-order valence-corrected chi connectivity index (χ2v) is 20.8. The molecule has 4 aliphatic heterocycles. The average Bonchev–Trinajstić information content (AvgIpc) is 1.61. The van der Waals surface area contributed by atoms with E-state index in [1.165, 1.54) is 0 Å². The number of nitrogens with two attached hydrogens (primary N) is 2. The minimum Gasteiger partial charge on any atom is -0.398 e. The maximum atomic E-state index is 14.9. The Hall–Kier alpha value is -9.36. The number of rotatable bonds is 5. The Labute approximate surface area is 487 Å². The number of hydrogen-bond acceptors (Lipinski definition) is 12. The van der Waals surface area contributed by atoms with E-state index in [9.17, 15) is 91.0 Å². The summed E-state index contributed by atoms with van der Waals surface area (Å²) in [7, 11) is 1.06. The van der Waals surface area contributed by atoms with Crippen molar-refractivity contribution in [2.75, 3.05) is 23.4 Å². The number of nitrogen functional groups attached to an aromatic ring is 2. The van der Waals surface area contributed by atoms with Gasteiger partial charge < -0.3 is 20.9 Å². The van der Waals surface area contributed by atoms with Crippen molar-refractivity contribution >= 4 is 64.6 Å². The number of imide groups is 2. The number of benzene rings is 6. The highest BCUT2D eigenvalue weighted by Gasteiger charge is 2.74. The molecule has 458 valence electrons. The first kappa shape index (κ1) is 65.2. The first-order valence-electron chi connectivity index (χ1n) is 25.3. The Morgan fingerprint density at radius 2 is 0.575 bits per heavy atom. The lowest BCUT2D eigenvalue weighted by Crippen LogP contribution is -2.55. The topological polar surface area (TPSA) is 214 Å². The summed E-state index contributed by atoms with van der Waals surface area (Å²) in [6, 6.07) is 6.01. The van der Waals surface area contributed by atoms with Crippen LogP contribution in [0.3, 0.4) is 0 Å². The fraction of sp³-hybridized carbons (Fsp3) is 0.279. The van der Waals surface area contributed by atoms with Crippen LogP contribution >= 0.6 is 0 Å². The number of carbonyl (C=O) groups is 8. The van der Waals surface area contributed by atoms with Crippen LogP contribution in [0.5, 0.6) is 0 Å². The lowest BCUT2D eigenvalue weighted by atomic mass is 9.71. The van der Waals surface area contributed by atoms with Gasteiger partial charge in [0.05, 0.1) is 50.2 Å². The van der Waals surface area contributed by atoms with Gasteiger partial charge in [0.1, 0.15) is 0 Å². The summed E-state index contributed by atoms with van der Waals surface area (Å²) in [5.74, 6) is -9.10. The molecule has 10 rings (SSSR count). The van der Waals surface area contributed by atoms with E-state index < -0.39 is 139 Å². The van der Waals surface area contributed by atoms with E-state index in [0.717, 1.165) is 74.4 Å². The monoisotopic (exact) mass is 1230 g/mol. The van der Waals surface area contributed by atoms with Gasteiger partial charge in [-0.05, 0) is 183 Å². The first-order chi connectivity index (χ1) is 39.5. The standard InChI is InChI=1S/C31H24F6N2O4.C19H6F6O6.C10H16N2.CH4/c1-13-14(2)16(4)24(17(5)15(13)3)39-27(42)21-10-8-19(12-23(21)28(39)43)29(30(32,33)34,31(35,36)37)18-7-9-20-22(11-18)26(41)38(6)25(20)40;20-18(21,22)17(19(23,24)25,7-1-3-9-11(5-7)15(28)30-13(9)26)8-2-4-10-12(6-8)16(29)31-14(10)27;1-5-6(2)10(12)8(4)7(3)9(5)11;/h7-12H,1-6H3;1-6H;11-12H2,1-4H3;1H4. The number of halogens is 12. The highest BCUT2D eigenvalue weighted by atomic mass is 19.4. The fourth-order valence-electron chi connectivity index (χ4n) is 11.1. The molecule has 0 aromatic heterocycles. The molecule has 87 heavy (non-hydrogen) atoms. The van der Waals surface area contributed by atoms with Gasteiger partial charge in [-0.15, -0.1) is 0 Å². The molecule has 0 atom stereocenters. The third-order valence-corrected chi connectivity index (χ3v) is 16.6. The molecule has 0 radical (unpaired) electrons. The van der Waals surface area contributed by atoms with Crippen molar-refractivity contribution in [2.45, 2.75) is 105 Å². The molecule has 6 aromatic rings. The summed E-state index contributed by atoms with van der Waals surface area (Å²) < 4.78 is 183. The third kappa shape index (κ3) is 9.62. The van der Waals surface area contributed by atoms with Gasteiger partial charge in [-0.1, -0.05) is 31.7 Å². The maximum absolute atomic E-state index is 14.9. The molecule has 4 aliphatic rings. The van der Waals surface area contributed by atoms with Gasteiger partial charge in [0, 0.05) is 18.4 Å². The van der Waals surface area contributed by atoms with Crippen molar-refractivity contribution in [2.24, 2.45) is 0 Å². The lowest BCUT2D eigenvalue weighted by molar-refractivity contribution is -0.290. The summed E-state index contributed by atoms with van der Waals surface area (Å²) in [6.07, 6.45) is -24.1. The van der Waals surface area contributed by atoms with Crippen LogP contribution in [0.1, 0.15) is 163 Å². The van der Waals surface area contributed by atoms with E-state index in [1.807, 2.05) is 34.6 Å². The number of fused-ring (bicyclic) bond motifs is 4. The number of amides is 4. The summed E-state index contributed by atoms with van der Waals surface area (Å²) in [5.41, 5.74) is 2.32. The summed E-state index contributed by atoms with van der Waals surface area (Å²) in [5, 5.41) is 0.